The standard InChI is InChI=1S/C18H33BrOSi/c1-17(2)9-6-10-18(3)14-8-7-13(16(14)17)15(18)11-20-21(4,5)12-19/h13-16H,6-12H2,1-5H3. The first-order valence-corrected chi connectivity index (χ1v) is 13.1. The molecule has 5 unspecified atom stereocenters. The van der Waals surface area contributed by atoms with E-state index in [2.05, 4.69) is 49.8 Å². The normalized spacial score (nSPS) is 44.9. The predicted molar refractivity (Wildman–Crippen MR) is 96.2 cm³/mol. The lowest BCUT2D eigenvalue weighted by atomic mass is 9.65. The van der Waals surface area contributed by atoms with Gasteiger partial charge in [-0.1, -0.05) is 43.1 Å². The van der Waals surface area contributed by atoms with Crippen molar-refractivity contribution in [3.05, 3.63) is 0 Å². The SMILES string of the molecule is CC1(C)CCCC2(C)C(CO[Si](C)(C)CBr)C3CCC2C31. The highest BCUT2D eigenvalue weighted by Crippen LogP contribution is 2.70. The molecule has 4 bridgehead atoms. The van der Waals surface area contributed by atoms with Crippen molar-refractivity contribution in [2.45, 2.75) is 66.0 Å². The maximum Gasteiger partial charge on any atom is 0.197 e. The molecule has 122 valence electrons. The van der Waals surface area contributed by atoms with E-state index in [0.29, 0.717) is 10.8 Å². The number of hydrogen-bond acceptors (Lipinski definition) is 1. The summed E-state index contributed by atoms with van der Waals surface area (Å²) >= 11 is 3.66. The number of rotatable bonds is 4. The minimum Gasteiger partial charge on any atom is -0.416 e. The van der Waals surface area contributed by atoms with Gasteiger partial charge in [0, 0.05) is 11.6 Å². The van der Waals surface area contributed by atoms with Crippen molar-refractivity contribution in [2.75, 3.05) is 11.6 Å². The van der Waals surface area contributed by atoms with Crippen molar-refractivity contribution in [1.82, 2.24) is 0 Å². The second-order valence-corrected chi connectivity index (χ2v) is 15.3. The third-order valence-electron chi connectivity index (χ3n) is 7.33. The summed E-state index contributed by atoms with van der Waals surface area (Å²) in [4.78, 5) is 1.06. The minimum absolute atomic E-state index is 0.556. The molecule has 3 saturated carbocycles. The molecular weight excluding hydrogens is 340 g/mol. The van der Waals surface area contributed by atoms with E-state index >= 15 is 0 Å². The molecule has 0 aromatic rings. The minimum atomic E-state index is -1.48. The average molecular weight is 373 g/mol. The Morgan fingerprint density at radius 3 is 2.52 bits per heavy atom. The van der Waals surface area contributed by atoms with Gasteiger partial charge in [-0.05, 0) is 73.3 Å². The molecule has 0 saturated heterocycles. The molecule has 3 heteroatoms. The molecule has 3 aliphatic rings. The Kier molecular flexibility index (Phi) is 4.20. The molecule has 3 aliphatic carbocycles. The monoisotopic (exact) mass is 372 g/mol. The van der Waals surface area contributed by atoms with Crippen LogP contribution in [0.3, 0.4) is 0 Å². The predicted octanol–water partition coefficient (Wildman–Crippen LogP) is 5.63. The van der Waals surface area contributed by atoms with Crippen molar-refractivity contribution < 1.29 is 4.43 Å². The molecule has 3 rings (SSSR count). The van der Waals surface area contributed by atoms with Gasteiger partial charge in [-0.15, -0.1) is 0 Å². The lowest BCUT2D eigenvalue weighted by molar-refractivity contribution is 0.0434. The summed E-state index contributed by atoms with van der Waals surface area (Å²) in [5, 5.41) is 0. The fourth-order valence-electron chi connectivity index (χ4n) is 6.24. The van der Waals surface area contributed by atoms with Gasteiger partial charge in [0.05, 0.1) is 0 Å². The van der Waals surface area contributed by atoms with Crippen LogP contribution in [0.5, 0.6) is 0 Å². The van der Waals surface area contributed by atoms with Crippen LogP contribution in [0.2, 0.25) is 13.1 Å². The van der Waals surface area contributed by atoms with Gasteiger partial charge in [0.1, 0.15) is 0 Å². The Hall–Kier alpha value is 0.657. The molecule has 21 heavy (non-hydrogen) atoms. The molecule has 1 nitrogen and oxygen atoms in total. The molecular formula is C18H33BrOSi. The van der Waals surface area contributed by atoms with E-state index in [1.807, 2.05) is 0 Å². The molecule has 0 heterocycles. The lowest BCUT2D eigenvalue weighted by Crippen LogP contribution is -2.41. The quantitative estimate of drug-likeness (QED) is 0.458. The highest BCUT2D eigenvalue weighted by molar-refractivity contribution is 9.09. The van der Waals surface area contributed by atoms with Crippen LogP contribution < -0.4 is 0 Å². The van der Waals surface area contributed by atoms with Crippen molar-refractivity contribution in [2.24, 2.45) is 34.5 Å². The first-order valence-electron chi connectivity index (χ1n) is 8.91. The molecule has 0 radical (unpaired) electrons. The summed E-state index contributed by atoms with van der Waals surface area (Å²) in [6, 6.07) is 0. The summed E-state index contributed by atoms with van der Waals surface area (Å²) in [6.07, 6.45) is 7.27. The van der Waals surface area contributed by atoms with E-state index in [9.17, 15) is 0 Å². The number of halogens is 1. The molecule has 3 fully saturated rings. The highest BCUT2D eigenvalue weighted by Gasteiger charge is 2.64. The molecule has 0 N–H and O–H groups in total. The van der Waals surface area contributed by atoms with Crippen molar-refractivity contribution >= 4 is 24.2 Å². The van der Waals surface area contributed by atoms with Gasteiger partial charge >= 0.3 is 0 Å². The maximum atomic E-state index is 6.49. The van der Waals surface area contributed by atoms with E-state index in [1.54, 1.807) is 0 Å². The summed E-state index contributed by atoms with van der Waals surface area (Å²) in [5.41, 5.74) is 1.12. The first-order chi connectivity index (χ1) is 9.71. The fourth-order valence-corrected chi connectivity index (χ4v) is 7.43. The topological polar surface area (TPSA) is 9.23 Å². The van der Waals surface area contributed by atoms with Crippen LogP contribution in [0.25, 0.3) is 0 Å². The van der Waals surface area contributed by atoms with Crippen LogP contribution in [0.1, 0.15) is 52.9 Å². The smallest absolute Gasteiger partial charge is 0.197 e. The van der Waals surface area contributed by atoms with Crippen LogP contribution in [-0.4, -0.2) is 19.9 Å². The number of hydrogen-bond donors (Lipinski definition) is 0. The highest BCUT2D eigenvalue weighted by atomic mass is 79.9. The Morgan fingerprint density at radius 1 is 1.14 bits per heavy atom. The third-order valence-corrected chi connectivity index (χ3v) is 13.0. The first kappa shape index (κ1) is 16.5. The second-order valence-electron chi connectivity index (χ2n) is 9.53. The van der Waals surface area contributed by atoms with E-state index in [4.69, 9.17) is 4.43 Å². The van der Waals surface area contributed by atoms with E-state index in [0.717, 1.165) is 35.2 Å². The largest absolute Gasteiger partial charge is 0.416 e. The maximum absolute atomic E-state index is 6.49. The van der Waals surface area contributed by atoms with Gasteiger partial charge in [0.25, 0.3) is 0 Å². The van der Waals surface area contributed by atoms with Crippen molar-refractivity contribution in [3.63, 3.8) is 0 Å². The zero-order chi connectivity index (χ0) is 15.5. The molecule has 5 atom stereocenters. The van der Waals surface area contributed by atoms with Crippen LogP contribution in [0.15, 0.2) is 0 Å². The zero-order valence-electron chi connectivity index (χ0n) is 14.5. The molecule has 0 spiro atoms. The van der Waals surface area contributed by atoms with E-state index in [1.165, 1.54) is 32.1 Å². The summed E-state index contributed by atoms with van der Waals surface area (Å²) in [6.45, 7) is 13.4. The van der Waals surface area contributed by atoms with Gasteiger partial charge < -0.3 is 4.43 Å². The van der Waals surface area contributed by atoms with Crippen LogP contribution in [0.4, 0.5) is 0 Å². The summed E-state index contributed by atoms with van der Waals surface area (Å²) < 4.78 is 6.49. The molecule has 0 aliphatic heterocycles. The van der Waals surface area contributed by atoms with Gasteiger partial charge in [-0.3, -0.25) is 0 Å². The Labute approximate surface area is 140 Å². The molecule has 0 aromatic carbocycles. The second kappa shape index (κ2) is 5.34. The Bertz CT molecular complexity index is 408. The van der Waals surface area contributed by atoms with E-state index < -0.39 is 8.32 Å². The van der Waals surface area contributed by atoms with Gasteiger partial charge in [-0.25, -0.2) is 0 Å². The van der Waals surface area contributed by atoms with Crippen molar-refractivity contribution in [3.8, 4) is 0 Å². The zero-order valence-corrected chi connectivity index (χ0v) is 17.1. The van der Waals surface area contributed by atoms with Crippen LogP contribution in [-0.2, 0) is 4.43 Å². The van der Waals surface area contributed by atoms with Crippen molar-refractivity contribution in [1.29, 1.82) is 0 Å². The fraction of sp³-hybridized carbons (Fsp3) is 1.00. The van der Waals surface area contributed by atoms with Gasteiger partial charge in [0.15, 0.2) is 8.32 Å². The Balaban J connectivity index is 1.83. The van der Waals surface area contributed by atoms with Gasteiger partial charge in [0.2, 0.25) is 0 Å². The van der Waals surface area contributed by atoms with Crippen LogP contribution >= 0.6 is 15.9 Å². The van der Waals surface area contributed by atoms with Crippen LogP contribution in [0, 0.1) is 34.5 Å². The van der Waals surface area contributed by atoms with Gasteiger partial charge in [-0.2, -0.15) is 0 Å². The summed E-state index contributed by atoms with van der Waals surface area (Å²) in [5.74, 6) is 3.71. The average Bonchev–Trinajstić information content (AvgIpc) is 2.89. The molecule has 0 amide bonds. The third kappa shape index (κ3) is 2.59. The molecule has 0 aromatic heterocycles. The number of alkyl halides is 1. The lowest BCUT2D eigenvalue weighted by Gasteiger charge is -2.42. The Morgan fingerprint density at radius 2 is 1.86 bits per heavy atom. The summed E-state index contributed by atoms with van der Waals surface area (Å²) in [7, 11) is -1.48. The van der Waals surface area contributed by atoms with E-state index in [-0.39, 0.29) is 0 Å².